The zero-order valence-electron chi connectivity index (χ0n) is 14.4. The molecule has 0 aromatic carbocycles. The molecule has 1 fully saturated rings. The molecule has 1 unspecified atom stereocenters. The summed E-state index contributed by atoms with van der Waals surface area (Å²) in [6.07, 6.45) is 6.49. The number of amides is 2. The minimum absolute atomic E-state index is 0.0973. The summed E-state index contributed by atoms with van der Waals surface area (Å²) in [6.45, 7) is 5.62. The Morgan fingerprint density at radius 2 is 2.24 bits per heavy atom. The molecular formula is C18H22N6O. The average Bonchev–Trinajstić information content (AvgIpc) is 3.22. The number of hydrogen-bond donors (Lipinski definition) is 3. The second-order valence-corrected chi connectivity index (χ2v) is 6.80. The molecule has 1 atom stereocenters. The molecule has 7 heteroatoms. The number of H-pyrrole nitrogens is 1. The summed E-state index contributed by atoms with van der Waals surface area (Å²) in [4.78, 5) is 26.2. The number of fused-ring (bicyclic) bond motifs is 3. The van der Waals surface area contributed by atoms with E-state index in [2.05, 4.69) is 36.6 Å². The lowest BCUT2D eigenvalue weighted by atomic mass is 10.1. The minimum Gasteiger partial charge on any atom is -0.369 e. The van der Waals surface area contributed by atoms with Gasteiger partial charge in [0.25, 0.3) is 0 Å². The van der Waals surface area contributed by atoms with Crippen LogP contribution in [0.2, 0.25) is 0 Å². The summed E-state index contributed by atoms with van der Waals surface area (Å²) in [5.74, 6) is 0. The molecule has 1 saturated heterocycles. The van der Waals surface area contributed by atoms with Crippen molar-refractivity contribution in [3.63, 3.8) is 0 Å². The van der Waals surface area contributed by atoms with Crippen molar-refractivity contribution in [3.8, 4) is 0 Å². The Labute approximate surface area is 145 Å². The number of nitrogens with zero attached hydrogens (tertiary/aromatic N) is 3. The first-order chi connectivity index (χ1) is 12.1. The van der Waals surface area contributed by atoms with Gasteiger partial charge in [0.1, 0.15) is 0 Å². The van der Waals surface area contributed by atoms with Crippen LogP contribution < -0.4 is 15.5 Å². The SMILES string of the molecule is CC(C)NC(=O)NC1CCN(c2cc[nH]c3cnc4nccc4c23)C1. The molecule has 0 radical (unpaired) electrons. The van der Waals surface area contributed by atoms with Gasteiger partial charge in [0.05, 0.1) is 11.7 Å². The van der Waals surface area contributed by atoms with Gasteiger partial charge in [-0.25, -0.2) is 14.8 Å². The maximum atomic E-state index is 11.9. The Morgan fingerprint density at radius 3 is 3.08 bits per heavy atom. The number of aromatic nitrogens is 3. The van der Waals surface area contributed by atoms with Crippen molar-refractivity contribution in [1.82, 2.24) is 25.6 Å². The maximum Gasteiger partial charge on any atom is 0.315 e. The fourth-order valence-electron chi connectivity index (χ4n) is 3.49. The van der Waals surface area contributed by atoms with Gasteiger partial charge in [-0.3, -0.25) is 0 Å². The van der Waals surface area contributed by atoms with Gasteiger partial charge in [-0.1, -0.05) is 0 Å². The maximum absolute atomic E-state index is 11.9. The van der Waals surface area contributed by atoms with Crippen molar-refractivity contribution >= 4 is 33.7 Å². The lowest BCUT2D eigenvalue weighted by Gasteiger charge is -2.21. The number of nitrogens with one attached hydrogen (secondary N) is 3. The van der Waals surface area contributed by atoms with E-state index in [1.807, 2.05) is 32.3 Å². The van der Waals surface area contributed by atoms with Crippen LogP contribution >= 0.6 is 0 Å². The quantitative estimate of drug-likeness (QED) is 0.684. The predicted molar refractivity (Wildman–Crippen MR) is 98.8 cm³/mol. The van der Waals surface area contributed by atoms with E-state index in [-0.39, 0.29) is 18.1 Å². The highest BCUT2D eigenvalue weighted by Crippen LogP contribution is 2.32. The predicted octanol–water partition coefficient (Wildman–Crippen LogP) is 2.40. The van der Waals surface area contributed by atoms with E-state index in [9.17, 15) is 4.79 Å². The van der Waals surface area contributed by atoms with Gasteiger partial charge in [-0.2, -0.15) is 0 Å². The lowest BCUT2D eigenvalue weighted by Crippen LogP contribution is -2.45. The highest BCUT2D eigenvalue weighted by molar-refractivity contribution is 6.10. The van der Waals surface area contributed by atoms with Crippen LogP contribution in [-0.4, -0.2) is 46.2 Å². The fourth-order valence-corrected chi connectivity index (χ4v) is 3.49. The van der Waals surface area contributed by atoms with E-state index in [0.717, 1.165) is 47.1 Å². The molecule has 3 N–H and O–H groups in total. The molecule has 0 spiro atoms. The molecule has 1 aliphatic heterocycles. The number of hydrogen-bond acceptors (Lipinski definition) is 4. The summed E-state index contributed by atoms with van der Waals surface area (Å²) < 4.78 is 0. The third-order valence-electron chi connectivity index (χ3n) is 4.55. The molecule has 3 aromatic heterocycles. The van der Waals surface area contributed by atoms with Crippen molar-refractivity contribution in [2.24, 2.45) is 0 Å². The lowest BCUT2D eigenvalue weighted by molar-refractivity contribution is 0.235. The summed E-state index contributed by atoms with van der Waals surface area (Å²) >= 11 is 0. The Bertz CT molecular complexity index is 918. The molecule has 4 heterocycles. The standard InChI is InChI=1S/C18H22N6O/c1-11(2)22-18(25)23-12-5-8-24(10-12)15-4-7-19-14-9-21-17-13(16(14)15)3-6-20-17/h3-4,6-7,9,11-12,19H,5,8,10H2,1-2H3,(H2,22,23,25). The Balaban J connectivity index is 1.60. The Kier molecular flexibility index (Phi) is 3.91. The van der Waals surface area contributed by atoms with Gasteiger partial charge >= 0.3 is 6.03 Å². The molecule has 2 amide bonds. The normalized spacial score (nSPS) is 17.6. The van der Waals surface area contributed by atoms with Crippen molar-refractivity contribution in [3.05, 3.63) is 30.7 Å². The van der Waals surface area contributed by atoms with Gasteiger partial charge in [-0.05, 0) is 32.4 Å². The summed E-state index contributed by atoms with van der Waals surface area (Å²) in [5, 5.41) is 8.14. The van der Waals surface area contributed by atoms with E-state index in [0.29, 0.717) is 0 Å². The first-order valence-electron chi connectivity index (χ1n) is 8.64. The monoisotopic (exact) mass is 338 g/mol. The van der Waals surface area contributed by atoms with Crippen LogP contribution in [0, 0.1) is 0 Å². The minimum atomic E-state index is -0.0973. The summed E-state index contributed by atoms with van der Waals surface area (Å²) in [5.41, 5.74) is 2.91. The van der Waals surface area contributed by atoms with Gasteiger partial charge in [0.15, 0.2) is 5.65 Å². The Hall–Kier alpha value is -2.83. The van der Waals surface area contributed by atoms with E-state index in [1.54, 1.807) is 6.20 Å². The van der Waals surface area contributed by atoms with Gasteiger partial charge in [0, 0.05) is 54.0 Å². The number of carbonyl (C=O) groups is 1. The molecule has 0 aliphatic carbocycles. The zero-order valence-corrected chi connectivity index (χ0v) is 14.4. The van der Waals surface area contributed by atoms with E-state index in [1.165, 1.54) is 0 Å². The van der Waals surface area contributed by atoms with Gasteiger partial charge < -0.3 is 20.5 Å². The number of rotatable bonds is 3. The molecule has 7 nitrogen and oxygen atoms in total. The van der Waals surface area contributed by atoms with Crippen LogP contribution in [0.5, 0.6) is 0 Å². The largest absolute Gasteiger partial charge is 0.369 e. The summed E-state index contributed by atoms with van der Waals surface area (Å²) in [6, 6.07) is 4.28. The van der Waals surface area contributed by atoms with E-state index >= 15 is 0 Å². The highest BCUT2D eigenvalue weighted by Gasteiger charge is 2.26. The zero-order chi connectivity index (χ0) is 17.4. The van der Waals surface area contributed by atoms with Crippen LogP contribution in [0.3, 0.4) is 0 Å². The molecular weight excluding hydrogens is 316 g/mol. The van der Waals surface area contributed by atoms with Crippen molar-refractivity contribution in [1.29, 1.82) is 0 Å². The van der Waals surface area contributed by atoms with E-state index in [4.69, 9.17) is 0 Å². The van der Waals surface area contributed by atoms with Crippen molar-refractivity contribution < 1.29 is 4.79 Å². The second kappa shape index (κ2) is 6.23. The molecule has 0 bridgehead atoms. The second-order valence-electron chi connectivity index (χ2n) is 6.80. The molecule has 0 saturated carbocycles. The third kappa shape index (κ3) is 2.97. The Morgan fingerprint density at radius 1 is 1.36 bits per heavy atom. The van der Waals surface area contributed by atoms with Crippen LogP contribution in [0.15, 0.2) is 30.7 Å². The van der Waals surface area contributed by atoms with E-state index < -0.39 is 0 Å². The molecule has 130 valence electrons. The number of anilines is 1. The smallest absolute Gasteiger partial charge is 0.315 e. The molecule has 1 aliphatic rings. The number of carbonyl (C=O) groups excluding carboxylic acids is 1. The summed E-state index contributed by atoms with van der Waals surface area (Å²) in [7, 11) is 0. The topological polar surface area (TPSA) is 85.9 Å². The van der Waals surface area contributed by atoms with Crippen LogP contribution in [0.1, 0.15) is 20.3 Å². The van der Waals surface area contributed by atoms with Crippen molar-refractivity contribution in [2.75, 3.05) is 18.0 Å². The fraction of sp³-hybridized carbons (Fsp3) is 0.389. The van der Waals surface area contributed by atoms with Crippen LogP contribution in [0.4, 0.5) is 10.5 Å². The molecule has 3 aromatic rings. The number of urea groups is 1. The highest BCUT2D eigenvalue weighted by atomic mass is 16.2. The van der Waals surface area contributed by atoms with Crippen molar-refractivity contribution in [2.45, 2.75) is 32.4 Å². The number of pyridine rings is 2. The van der Waals surface area contributed by atoms with Crippen LogP contribution in [-0.2, 0) is 0 Å². The van der Waals surface area contributed by atoms with Crippen LogP contribution in [0.25, 0.3) is 21.9 Å². The van der Waals surface area contributed by atoms with Gasteiger partial charge in [-0.15, -0.1) is 0 Å². The average molecular weight is 338 g/mol. The first-order valence-corrected chi connectivity index (χ1v) is 8.64. The number of aromatic amines is 1. The third-order valence-corrected chi connectivity index (χ3v) is 4.55. The molecule has 4 rings (SSSR count). The van der Waals surface area contributed by atoms with Gasteiger partial charge in [0.2, 0.25) is 0 Å². The first kappa shape index (κ1) is 15.7. The molecule has 25 heavy (non-hydrogen) atoms.